The number of rotatable bonds is 7. The van der Waals surface area contributed by atoms with Gasteiger partial charge in [0.05, 0.1) is 12.1 Å². The van der Waals surface area contributed by atoms with E-state index in [2.05, 4.69) is 33.0 Å². The number of nitrogens with one attached hydrogen (secondary N) is 1. The fourth-order valence-electron chi connectivity index (χ4n) is 1.74. The van der Waals surface area contributed by atoms with Gasteiger partial charge in [-0.05, 0) is 31.2 Å². The maximum absolute atomic E-state index is 9.48. The summed E-state index contributed by atoms with van der Waals surface area (Å²) in [6.07, 6.45) is 0.911. The lowest BCUT2D eigenvalue weighted by Gasteiger charge is -2.40. The highest BCUT2D eigenvalue weighted by atomic mass is 16.3. The van der Waals surface area contributed by atoms with Crippen LogP contribution in [0, 0.1) is 11.3 Å². The van der Waals surface area contributed by atoms with Gasteiger partial charge in [0, 0.05) is 6.04 Å². The number of hydrogen-bond donors (Lipinski definition) is 3. The molecule has 0 saturated carbocycles. The lowest BCUT2D eigenvalue weighted by molar-refractivity contribution is 0.113. The lowest BCUT2D eigenvalue weighted by Crippen LogP contribution is -2.59. The molecule has 0 saturated heterocycles. The van der Waals surface area contributed by atoms with Gasteiger partial charge in [-0.1, -0.05) is 34.6 Å². The summed E-state index contributed by atoms with van der Waals surface area (Å²) in [6.45, 7) is 13.9. The lowest BCUT2D eigenvalue weighted by atomic mass is 9.73. The number of aliphatic hydroxyl groups is 1. The van der Waals surface area contributed by atoms with Crippen molar-refractivity contribution >= 4 is 0 Å². The first-order valence-electron chi connectivity index (χ1n) is 6.31. The molecule has 0 rings (SSSR count). The van der Waals surface area contributed by atoms with Gasteiger partial charge in [0.1, 0.15) is 0 Å². The van der Waals surface area contributed by atoms with E-state index in [1.807, 2.05) is 13.8 Å². The highest BCUT2D eigenvalue weighted by molar-refractivity contribution is 4.95. The Hall–Kier alpha value is -0.120. The predicted molar refractivity (Wildman–Crippen MR) is 70.4 cm³/mol. The van der Waals surface area contributed by atoms with E-state index >= 15 is 0 Å². The van der Waals surface area contributed by atoms with Crippen LogP contribution in [0.5, 0.6) is 0 Å². The average molecular weight is 230 g/mol. The summed E-state index contributed by atoms with van der Waals surface area (Å²) < 4.78 is 0. The van der Waals surface area contributed by atoms with E-state index in [4.69, 9.17) is 5.73 Å². The van der Waals surface area contributed by atoms with E-state index in [0.717, 1.165) is 13.0 Å². The quantitative estimate of drug-likeness (QED) is 0.624. The summed E-state index contributed by atoms with van der Waals surface area (Å²) in [4.78, 5) is 0. The molecule has 16 heavy (non-hydrogen) atoms. The van der Waals surface area contributed by atoms with E-state index in [-0.39, 0.29) is 23.6 Å². The minimum atomic E-state index is -0.374. The maximum atomic E-state index is 9.48. The number of likely N-dealkylation sites (N-methyl/N-ethyl adjacent to an activating group) is 1. The largest absolute Gasteiger partial charge is 0.394 e. The molecule has 2 unspecified atom stereocenters. The molecule has 0 aliphatic rings. The van der Waals surface area contributed by atoms with Crippen molar-refractivity contribution in [3.8, 4) is 0 Å². The second-order valence-electron chi connectivity index (χ2n) is 6.06. The molecule has 4 N–H and O–H groups in total. The standard InChI is InChI=1S/C13H30N2O/c1-7-15-13(6,9-16)11(14)8-12(4,5)10(2)3/h10-11,15-16H,7-9,14H2,1-6H3. The van der Waals surface area contributed by atoms with Crippen molar-refractivity contribution < 1.29 is 5.11 Å². The van der Waals surface area contributed by atoms with Crippen LogP contribution in [0.1, 0.15) is 48.0 Å². The Bertz CT molecular complexity index is 204. The maximum Gasteiger partial charge on any atom is 0.0625 e. The fourth-order valence-corrected chi connectivity index (χ4v) is 1.74. The minimum Gasteiger partial charge on any atom is -0.394 e. The van der Waals surface area contributed by atoms with Crippen molar-refractivity contribution in [2.45, 2.75) is 59.5 Å². The third-order valence-electron chi connectivity index (χ3n) is 4.04. The fraction of sp³-hybridized carbons (Fsp3) is 1.00. The molecule has 98 valence electrons. The summed E-state index contributed by atoms with van der Waals surface area (Å²) >= 11 is 0. The summed E-state index contributed by atoms with van der Waals surface area (Å²) in [5.74, 6) is 0.586. The number of hydrogen-bond acceptors (Lipinski definition) is 3. The molecule has 0 fully saturated rings. The highest BCUT2D eigenvalue weighted by Gasteiger charge is 2.35. The summed E-state index contributed by atoms with van der Waals surface area (Å²) in [5, 5.41) is 12.8. The van der Waals surface area contributed by atoms with Gasteiger partial charge in [0.15, 0.2) is 0 Å². The number of nitrogens with two attached hydrogens (primary N) is 1. The average Bonchev–Trinajstić information content (AvgIpc) is 2.17. The van der Waals surface area contributed by atoms with Crippen LogP contribution >= 0.6 is 0 Å². The zero-order valence-corrected chi connectivity index (χ0v) is 11.8. The Morgan fingerprint density at radius 1 is 1.25 bits per heavy atom. The summed E-state index contributed by atoms with van der Waals surface area (Å²) in [5.41, 5.74) is 6.08. The molecule has 0 aliphatic heterocycles. The molecule has 0 aromatic carbocycles. The van der Waals surface area contributed by atoms with Gasteiger partial charge >= 0.3 is 0 Å². The van der Waals surface area contributed by atoms with Crippen LogP contribution in [-0.2, 0) is 0 Å². The first-order chi connectivity index (χ1) is 7.19. The zero-order chi connectivity index (χ0) is 13.0. The van der Waals surface area contributed by atoms with E-state index in [1.165, 1.54) is 0 Å². The van der Waals surface area contributed by atoms with Crippen molar-refractivity contribution in [3.05, 3.63) is 0 Å². The second kappa shape index (κ2) is 5.99. The first kappa shape index (κ1) is 15.9. The minimum absolute atomic E-state index is 0.0325. The van der Waals surface area contributed by atoms with Crippen LogP contribution in [0.4, 0.5) is 0 Å². The van der Waals surface area contributed by atoms with Gasteiger partial charge in [0.25, 0.3) is 0 Å². The van der Waals surface area contributed by atoms with Gasteiger partial charge in [0.2, 0.25) is 0 Å². The van der Waals surface area contributed by atoms with Gasteiger partial charge in [-0.15, -0.1) is 0 Å². The van der Waals surface area contributed by atoms with Gasteiger partial charge in [-0.3, -0.25) is 0 Å². The molecular formula is C13H30N2O. The summed E-state index contributed by atoms with van der Waals surface area (Å²) in [6, 6.07) is -0.0325. The third-order valence-corrected chi connectivity index (χ3v) is 4.04. The van der Waals surface area contributed by atoms with Crippen molar-refractivity contribution in [2.24, 2.45) is 17.1 Å². The van der Waals surface area contributed by atoms with Crippen LogP contribution < -0.4 is 11.1 Å². The Balaban J connectivity index is 4.59. The van der Waals surface area contributed by atoms with Crippen molar-refractivity contribution in [1.82, 2.24) is 5.32 Å². The molecule has 0 heterocycles. The third kappa shape index (κ3) is 4.04. The van der Waals surface area contributed by atoms with Crippen molar-refractivity contribution in [2.75, 3.05) is 13.2 Å². The number of aliphatic hydroxyl groups excluding tert-OH is 1. The molecule has 2 atom stereocenters. The Morgan fingerprint density at radius 3 is 2.06 bits per heavy atom. The smallest absolute Gasteiger partial charge is 0.0625 e. The topological polar surface area (TPSA) is 58.3 Å². The molecule has 0 amide bonds. The van der Waals surface area contributed by atoms with Crippen LogP contribution in [0.3, 0.4) is 0 Å². The molecule has 0 spiro atoms. The van der Waals surface area contributed by atoms with Crippen LogP contribution in [-0.4, -0.2) is 29.8 Å². The van der Waals surface area contributed by atoms with Gasteiger partial charge in [-0.2, -0.15) is 0 Å². The molecule has 0 aromatic heterocycles. The zero-order valence-electron chi connectivity index (χ0n) is 11.8. The Labute approximate surface area is 101 Å². The molecule has 0 bridgehead atoms. The molecule has 3 heteroatoms. The molecule has 0 radical (unpaired) electrons. The van der Waals surface area contributed by atoms with E-state index in [9.17, 15) is 5.11 Å². The normalized spacial score (nSPS) is 18.6. The molecular weight excluding hydrogens is 200 g/mol. The van der Waals surface area contributed by atoms with Crippen LogP contribution in [0.15, 0.2) is 0 Å². The Morgan fingerprint density at radius 2 is 1.75 bits per heavy atom. The van der Waals surface area contributed by atoms with E-state index in [0.29, 0.717) is 5.92 Å². The van der Waals surface area contributed by atoms with Gasteiger partial charge in [-0.25, -0.2) is 0 Å². The summed E-state index contributed by atoms with van der Waals surface area (Å²) in [7, 11) is 0. The molecule has 0 aliphatic carbocycles. The molecule has 3 nitrogen and oxygen atoms in total. The highest BCUT2D eigenvalue weighted by Crippen LogP contribution is 2.33. The van der Waals surface area contributed by atoms with E-state index < -0.39 is 0 Å². The SMILES string of the molecule is CCNC(C)(CO)C(N)CC(C)(C)C(C)C. The first-order valence-corrected chi connectivity index (χ1v) is 6.31. The molecule has 0 aromatic rings. The monoisotopic (exact) mass is 230 g/mol. The predicted octanol–water partition coefficient (Wildman–Crippen LogP) is 1.75. The van der Waals surface area contributed by atoms with Crippen LogP contribution in [0.25, 0.3) is 0 Å². The van der Waals surface area contributed by atoms with Crippen molar-refractivity contribution in [3.63, 3.8) is 0 Å². The second-order valence-corrected chi connectivity index (χ2v) is 6.06. The van der Waals surface area contributed by atoms with Gasteiger partial charge < -0.3 is 16.2 Å². The van der Waals surface area contributed by atoms with E-state index in [1.54, 1.807) is 0 Å². The van der Waals surface area contributed by atoms with Crippen LogP contribution in [0.2, 0.25) is 0 Å². The Kier molecular flexibility index (Phi) is 5.94. The van der Waals surface area contributed by atoms with Crippen molar-refractivity contribution in [1.29, 1.82) is 0 Å².